The zero-order chi connectivity index (χ0) is 17.0. The number of amides is 1. The molecule has 24 heavy (non-hydrogen) atoms. The van der Waals surface area contributed by atoms with Gasteiger partial charge in [0.2, 0.25) is 5.91 Å². The summed E-state index contributed by atoms with van der Waals surface area (Å²) in [6, 6.07) is 7.03. The number of likely N-dealkylation sites (tertiary alicyclic amines) is 1. The van der Waals surface area contributed by atoms with Gasteiger partial charge in [0.15, 0.2) is 0 Å². The maximum Gasteiger partial charge on any atom is 0.237 e. The lowest BCUT2D eigenvalue weighted by Gasteiger charge is -2.32. The van der Waals surface area contributed by atoms with Crippen molar-refractivity contribution in [2.24, 2.45) is 0 Å². The summed E-state index contributed by atoms with van der Waals surface area (Å²) in [7, 11) is 2.04. The lowest BCUT2D eigenvalue weighted by atomic mass is 9.78. The van der Waals surface area contributed by atoms with Gasteiger partial charge in [0.25, 0.3) is 0 Å². The molecule has 0 aromatic heterocycles. The number of nitrogens with one attached hydrogen (secondary N) is 1. The number of nitrogens with zero attached hydrogens (tertiary/aromatic N) is 1. The summed E-state index contributed by atoms with van der Waals surface area (Å²) in [5, 5.41) is 3.17. The van der Waals surface area contributed by atoms with Gasteiger partial charge in [-0.25, -0.2) is 4.39 Å². The van der Waals surface area contributed by atoms with Gasteiger partial charge in [-0.1, -0.05) is 43.9 Å². The van der Waals surface area contributed by atoms with Crippen LogP contribution >= 0.6 is 0 Å². The monoisotopic (exact) mass is 332 g/mol. The predicted molar refractivity (Wildman–Crippen MR) is 94.4 cm³/mol. The minimum absolute atomic E-state index is 0.0356. The normalized spacial score (nSPS) is 24.5. The molecule has 1 N–H and O–H groups in total. The first-order chi connectivity index (χ1) is 11.6. The summed E-state index contributed by atoms with van der Waals surface area (Å²) in [6.07, 6.45) is 8.52. The van der Waals surface area contributed by atoms with Crippen molar-refractivity contribution in [2.75, 3.05) is 20.1 Å². The fourth-order valence-corrected chi connectivity index (χ4v) is 4.44. The Labute approximate surface area is 144 Å². The van der Waals surface area contributed by atoms with Gasteiger partial charge in [0.1, 0.15) is 5.82 Å². The molecule has 1 saturated heterocycles. The highest BCUT2D eigenvalue weighted by Crippen LogP contribution is 2.41. The summed E-state index contributed by atoms with van der Waals surface area (Å²) in [4.78, 5) is 14.9. The summed E-state index contributed by atoms with van der Waals surface area (Å²) >= 11 is 0. The Morgan fingerprint density at radius 1 is 1.21 bits per heavy atom. The number of benzene rings is 1. The van der Waals surface area contributed by atoms with Gasteiger partial charge in [-0.2, -0.15) is 0 Å². The van der Waals surface area contributed by atoms with E-state index in [0.29, 0.717) is 6.54 Å². The highest BCUT2D eigenvalue weighted by molar-refractivity contribution is 5.81. The summed E-state index contributed by atoms with van der Waals surface area (Å²) < 4.78 is 14.4. The zero-order valence-corrected chi connectivity index (χ0v) is 14.7. The third-order valence-corrected chi connectivity index (χ3v) is 5.93. The van der Waals surface area contributed by atoms with E-state index in [1.165, 1.54) is 18.9 Å². The van der Waals surface area contributed by atoms with Crippen molar-refractivity contribution in [2.45, 2.75) is 62.8 Å². The van der Waals surface area contributed by atoms with E-state index in [1.807, 2.05) is 19.2 Å². The summed E-state index contributed by atoms with van der Waals surface area (Å²) in [6.45, 7) is 1.54. The minimum atomic E-state index is -0.232. The standard InChI is InChI=1S/C20H29FN2O/c1-23-14-8-2-3-11-18(23)19(24)22-15-20(12-6-7-13-20)16-9-4-5-10-17(16)21/h4-5,9-10,18H,2-3,6-8,11-15H2,1H3,(H,22,24)/t18-/m0/s1. The van der Waals surface area contributed by atoms with Gasteiger partial charge in [-0.15, -0.1) is 0 Å². The third-order valence-electron chi connectivity index (χ3n) is 5.93. The van der Waals surface area contributed by atoms with Crippen molar-refractivity contribution in [3.63, 3.8) is 0 Å². The first-order valence-corrected chi connectivity index (χ1v) is 9.35. The summed E-state index contributed by atoms with van der Waals surface area (Å²) in [5.41, 5.74) is 0.543. The number of halogens is 1. The van der Waals surface area contributed by atoms with Crippen LogP contribution in [0.1, 0.15) is 56.9 Å². The largest absolute Gasteiger partial charge is 0.354 e. The molecule has 1 aromatic rings. The van der Waals surface area contributed by atoms with Crippen molar-refractivity contribution in [1.82, 2.24) is 10.2 Å². The molecule has 0 bridgehead atoms. The maximum absolute atomic E-state index is 14.4. The van der Waals surface area contributed by atoms with Crippen molar-refractivity contribution in [3.8, 4) is 0 Å². The molecule has 1 aliphatic heterocycles. The SMILES string of the molecule is CN1CCCCC[C@H]1C(=O)NCC1(c2ccccc2F)CCCC1. The van der Waals surface area contributed by atoms with Crippen molar-refractivity contribution < 1.29 is 9.18 Å². The van der Waals surface area contributed by atoms with Crippen LogP contribution in [0.15, 0.2) is 24.3 Å². The van der Waals surface area contributed by atoms with Crippen LogP contribution in [0.2, 0.25) is 0 Å². The van der Waals surface area contributed by atoms with E-state index in [-0.39, 0.29) is 23.2 Å². The Balaban J connectivity index is 1.70. The molecule has 1 aromatic carbocycles. The smallest absolute Gasteiger partial charge is 0.237 e. The van der Waals surface area contributed by atoms with Gasteiger partial charge >= 0.3 is 0 Å². The molecule has 1 aliphatic carbocycles. The highest BCUT2D eigenvalue weighted by atomic mass is 19.1. The number of hydrogen-bond acceptors (Lipinski definition) is 2. The number of carbonyl (C=O) groups excluding carboxylic acids is 1. The molecule has 1 atom stereocenters. The predicted octanol–water partition coefficient (Wildman–Crippen LogP) is 3.63. The van der Waals surface area contributed by atoms with E-state index in [4.69, 9.17) is 0 Å². The molecule has 4 heteroatoms. The molecule has 2 aliphatic rings. The lowest BCUT2D eigenvalue weighted by molar-refractivity contribution is -0.126. The van der Waals surface area contributed by atoms with Gasteiger partial charge in [-0.3, -0.25) is 9.69 Å². The molecule has 2 fully saturated rings. The molecule has 1 amide bonds. The molecule has 3 nitrogen and oxygen atoms in total. The first-order valence-electron chi connectivity index (χ1n) is 9.35. The molecule has 132 valence electrons. The number of rotatable bonds is 4. The van der Waals surface area contributed by atoms with E-state index in [2.05, 4.69) is 10.2 Å². The van der Waals surface area contributed by atoms with Gasteiger partial charge in [0, 0.05) is 12.0 Å². The average molecular weight is 332 g/mol. The molecule has 3 rings (SSSR count). The van der Waals surface area contributed by atoms with E-state index in [0.717, 1.165) is 50.6 Å². The fourth-order valence-electron chi connectivity index (χ4n) is 4.44. The number of carbonyl (C=O) groups is 1. The fraction of sp³-hybridized carbons (Fsp3) is 0.650. The molecule has 0 radical (unpaired) electrons. The molecule has 0 spiro atoms. The molecule has 1 saturated carbocycles. The molecule has 1 heterocycles. The van der Waals surface area contributed by atoms with Crippen LogP contribution in [0.5, 0.6) is 0 Å². The number of hydrogen-bond donors (Lipinski definition) is 1. The Kier molecular flexibility index (Phi) is 5.54. The van der Waals surface area contributed by atoms with E-state index in [1.54, 1.807) is 6.07 Å². The van der Waals surface area contributed by atoms with Crippen molar-refractivity contribution in [1.29, 1.82) is 0 Å². The van der Waals surface area contributed by atoms with E-state index < -0.39 is 0 Å². The second kappa shape index (κ2) is 7.64. The Morgan fingerprint density at radius 3 is 2.71 bits per heavy atom. The molecular formula is C20H29FN2O. The van der Waals surface area contributed by atoms with Crippen LogP contribution < -0.4 is 5.32 Å². The average Bonchev–Trinajstić information content (AvgIpc) is 2.96. The lowest BCUT2D eigenvalue weighted by Crippen LogP contribution is -2.48. The van der Waals surface area contributed by atoms with Crippen LogP contribution in [0, 0.1) is 5.82 Å². The quantitative estimate of drug-likeness (QED) is 0.913. The second-order valence-electron chi connectivity index (χ2n) is 7.53. The third kappa shape index (κ3) is 3.64. The van der Waals surface area contributed by atoms with Gasteiger partial charge < -0.3 is 5.32 Å². The highest BCUT2D eigenvalue weighted by Gasteiger charge is 2.38. The van der Waals surface area contributed by atoms with Crippen LogP contribution in [-0.4, -0.2) is 37.0 Å². The second-order valence-corrected chi connectivity index (χ2v) is 7.53. The van der Waals surface area contributed by atoms with Crippen LogP contribution in [-0.2, 0) is 10.2 Å². The number of likely N-dealkylation sites (N-methyl/N-ethyl adjacent to an activating group) is 1. The van der Waals surface area contributed by atoms with Crippen molar-refractivity contribution >= 4 is 5.91 Å². The van der Waals surface area contributed by atoms with E-state index in [9.17, 15) is 9.18 Å². The van der Waals surface area contributed by atoms with Crippen LogP contribution in [0.25, 0.3) is 0 Å². The summed E-state index contributed by atoms with van der Waals surface area (Å²) in [5.74, 6) is -0.0257. The maximum atomic E-state index is 14.4. The zero-order valence-electron chi connectivity index (χ0n) is 14.7. The minimum Gasteiger partial charge on any atom is -0.354 e. The van der Waals surface area contributed by atoms with Gasteiger partial charge in [0.05, 0.1) is 6.04 Å². The molecule has 0 unspecified atom stereocenters. The van der Waals surface area contributed by atoms with Gasteiger partial charge in [-0.05, 0) is 50.9 Å². The first kappa shape index (κ1) is 17.4. The molecular weight excluding hydrogens is 303 g/mol. The van der Waals surface area contributed by atoms with Crippen LogP contribution in [0.3, 0.4) is 0 Å². The Morgan fingerprint density at radius 2 is 1.96 bits per heavy atom. The van der Waals surface area contributed by atoms with Crippen molar-refractivity contribution in [3.05, 3.63) is 35.6 Å². The van der Waals surface area contributed by atoms with Crippen LogP contribution in [0.4, 0.5) is 4.39 Å². The van der Waals surface area contributed by atoms with E-state index >= 15 is 0 Å². The topological polar surface area (TPSA) is 32.3 Å². The Bertz CT molecular complexity index is 569. The Hall–Kier alpha value is -1.42.